The Morgan fingerprint density at radius 3 is 2.18 bits per heavy atom. The first kappa shape index (κ1) is 44.4. The number of carbonyl (C=O) groups excluding carboxylic acids is 6. The molecular formula is C39H59N7O9. The number of nitrogens with one attached hydrogen (secondary N) is 6. The molecule has 0 aliphatic heterocycles. The summed E-state index contributed by atoms with van der Waals surface area (Å²) in [7, 11) is 0. The van der Waals surface area contributed by atoms with Crippen LogP contribution in [0.15, 0.2) is 42.5 Å². The third kappa shape index (κ3) is 15.7. The number of hydrogen-bond donors (Lipinski definition) is 8. The van der Waals surface area contributed by atoms with E-state index in [1.807, 2.05) is 36.4 Å². The number of hydrogen-bond acceptors (Lipinski definition) is 10. The van der Waals surface area contributed by atoms with Gasteiger partial charge in [-0.05, 0) is 81.3 Å². The van der Waals surface area contributed by atoms with Gasteiger partial charge in [0, 0.05) is 6.04 Å². The molecule has 16 heteroatoms. The number of unbranched alkanes of at least 4 members (excludes halogenated alkanes) is 1. The second-order valence-corrected chi connectivity index (χ2v) is 14.4. The summed E-state index contributed by atoms with van der Waals surface area (Å²) in [4.78, 5) is 77.5. The number of alkyl carbamates (subject to hydrolysis) is 1. The molecule has 3 rings (SSSR count). The zero-order valence-electron chi connectivity index (χ0n) is 32.4. The van der Waals surface area contributed by atoms with Gasteiger partial charge in [0.05, 0.1) is 18.7 Å². The van der Waals surface area contributed by atoms with Gasteiger partial charge in [0.1, 0.15) is 30.5 Å². The smallest absolute Gasteiger partial charge is 0.407 e. The maximum absolute atomic E-state index is 13.4. The normalized spacial score (nSPS) is 15.8. The average molecular weight is 770 g/mol. The standard InChI is InChI=1S/C39H59N7O9/c1-24(2)34(46-36(50)31(16-10-11-19-40)44-33(49)23-54-30-18-17-27-12-8-9-13-28(27)20-30)37(51)41-21-32(48)45-35(26(4)47)38(52)42-25(3)22-55-39(53)43-29-14-6-5-7-15-29/h8-9,12-13,17-18,20,24-26,29,31,34-35,47H,5-7,10-11,14-16,19,21-23,40H2,1-4H3,(H,41,51)(H,42,52)(H,43,53)(H,44,49)(H,45,48)(H,46,50)/t25-,26+,31-,34-,35-/m0/s1. The monoisotopic (exact) mass is 769 g/mol. The van der Waals surface area contributed by atoms with Crippen LogP contribution in [0.4, 0.5) is 4.79 Å². The van der Waals surface area contributed by atoms with Gasteiger partial charge in [0.25, 0.3) is 5.91 Å². The number of carbonyl (C=O) groups is 6. The average Bonchev–Trinajstić information content (AvgIpc) is 3.16. The molecule has 6 amide bonds. The quantitative estimate of drug-likeness (QED) is 0.0852. The van der Waals surface area contributed by atoms with Gasteiger partial charge in [-0.1, -0.05) is 63.4 Å². The highest BCUT2D eigenvalue weighted by atomic mass is 16.5. The van der Waals surface area contributed by atoms with E-state index in [2.05, 4.69) is 31.9 Å². The van der Waals surface area contributed by atoms with Crippen LogP contribution in [0.3, 0.4) is 0 Å². The predicted octanol–water partition coefficient (Wildman–Crippen LogP) is 1.52. The molecule has 1 aliphatic rings. The Kier molecular flexibility index (Phi) is 18.6. The molecule has 2 aromatic rings. The fourth-order valence-electron chi connectivity index (χ4n) is 6.13. The summed E-state index contributed by atoms with van der Waals surface area (Å²) in [6, 6.07) is 9.19. The molecule has 0 unspecified atom stereocenters. The summed E-state index contributed by atoms with van der Waals surface area (Å²) >= 11 is 0. The van der Waals surface area contributed by atoms with Crippen molar-refractivity contribution < 1.29 is 43.3 Å². The Hall–Kier alpha value is -4.96. The van der Waals surface area contributed by atoms with Gasteiger partial charge in [-0.3, -0.25) is 24.0 Å². The van der Waals surface area contributed by atoms with Crippen molar-refractivity contribution in [3.63, 3.8) is 0 Å². The van der Waals surface area contributed by atoms with E-state index in [1.165, 1.54) is 6.92 Å². The summed E-state index contributed by atoms with van der Waals surface area (Å²) < 4.78 is 10.9. The number of aliphatic hydroxyl groups is 1. The number of fused-ring (bicyclic) bond motifs is 1. The van der Waals surface area contributed by atoms with Gasteiger partial charge in [-0.15, -0.1) is 0 Å². The summed E-state index contributed by atoms with van der Waals surface area (Å²) in [6.07, 6.45) is 4.57. The molecule has 5 atom stereocenters. The SMILES string of the molecule is CC(C)[C@H](NC(=O)[C@H](CCCCN)NC(=O)COc1ccc2ccccc2c1)C(=O)NCC(=O)N[C@H](C(=O)N[C@@H](C)COC(=O)NC1CCCCC1)[C@@H](C)O. The van der Waals surface area contributed by atoms with Crippen molar-refractivity contribution in [3.8, 4) is 5.75 Å². The van der Waals surface area contributed by atoms with Crippen molar-refractivity contribution in [2.75, 3.05) is 26.3 Å². The van der Waals surface area contributed by atoms with E-state index in [9.17, 15) is 33.9 Å². The van der Waals surface area contributed by atoms with E-state index in [-0.39, 0.29) is 25.7 Å². The fraction of sp³-hybridized carbons (Fsp3) is 0.590. The maximum atomic E-state index is 13.4. The number of ether oxygens (including phenoxy) is 2. The molecule has 0 bridgehead atoms. The topological polar surface area (TPSA) is 239 Å². The first-order chi connectivity index (χ1) is 26.3. The first-order valence-electron chi connectivity index (χ1n) is 19.2. The van der Waals surface area contributed by atoms with Gasteiger partial charge in [-0.25, -0.2) is 4.79 Å². The van der Waals surface area contributed by atoms with Crippen LogP contribution in [-0.4, -0.2) is 103 Å². The molecule has 0 aromatic heterocycles. The van der Waals surface area contributed by atoms with Crippen LogP contribution in [0, 0.1) is 5.92 Å². The molecule has 0 saturated heterocycles. The van der Waals surface area contributed by atoms with Crippen LogP contribution in [0.1, 0.15) is 79.1 Å². The van der Waals surface area contributed by atoms with E-state index in [0.717, 1.165) is 42.9 Å². The third-order valence-electron chi connectivity index (χ3n) is 9.22. The van der Waals surface area contributed by atoms with Crippen LogP contribution < -0.4 is 42.4 Å². The highest BCUT2D eigenvalue weighted by Gasteiger charge is 2.31. The minimum Gasteiger partial charge on any atom is -0.484 e. The molecule has 1 fully saturated rings. The summed E-state index contributed by atoms with van der Waals surface area (Å²) in [5, 5.41) is 27.9. The lowest BCUT2D eigenvalue weighted by molar-refractivity contribution is -0.134. The van der Waals surface area contributed by atoms with Gasteiger partial charge in [0.2, 0.25) is 23.6 Å². The van der Waals surface area contributed by atoms with Gasteiger partial charge >= 0.3 is 6.09 Å². The van der Waals surface area contributed by atoms with E-state index in [4.69, 9.17) is 15.2 Å². The molecule has 0 radical (unpaired) electrons. The molecule has 304 valence electrons. The summed E-state index contributed by atoms with van der Waals surface area (Å²) in [5.41, 5.74) is 5.65. The summed E-state index contributed by atoms with van der Waals surface area (Å²) in [5.74, 6) is -3.18. The van der Waals surface area contributed by atoms with Crippen molar-refractivity contribution in [2.24, 2.45) is 11.7 Å². The van der Waals surface area contributed by atoms with Gasteiger partial charge in [0.15, 0.2) is 6.61 Å². The number of benzene rings is 2. The molecule has 1 aliphatic carbocycles. The van der Waals surface area contributed by atoms with Crippen LogP contribution in [-0.2, 0) is 28.7 Å². The lowest BCUT2D eigenvalue weighted by atomic mass is 9.96. The first-order valence-corrected chi connectivity index (χ1v) is 19.2. The minimum atomic E-state index is -1.37. The van der Waals surface area contributed by atoms with Crippen molar-refractivity contribution in [1.82, 2.24) is 31.9 Å². The van der Waals surface area contributed by atoms with E-state index >= 15 is 0 Å². The maximum Gasteiger partial charge on any atom is 0.407 e. The van der Waals surface area contributed by atoms with Gasteiger partial charge < -0.3 is 52.2 Å². The van der Waals surface area contributed by atoms with E-state index in [0.29, 0.717) is 25.1 Å². The lowest BCUT2D eigenvalue weighted by Crippen LogP contribution is -2.58. The van der Waals surface area contributed by atoms with E-state index < -0.39 is 78.4 Å². The molecular weight excluding hydrogens is 710 g/mol. The van der Waals surface area contributed by atoms with Crippen LogP contribution in [0.5, 0.6) is 5.75 Å². The van der Waals surface area contributed by atoms with Crippen molar-refractivity contribution in [1.29, 1.82) is 0 Å². The second kappa shape index (κ2) is 23.1. The highest BCUT2D eigenvalue weighted by molar-refractivity contribution is 5.94. The van der Waals surface area contributed by atoms with Crippen LogP contribution >= 0.6 is 0 Å². The molecule has 0 heterocycles. The number of amides is 6. The molecule has 16 nitrogen and oxygen atoms in total. The Morgan fingerprint density at radius 1 is 0.800 bits per heavy atom. The van der Waals surface area contributed by atoms with Crippen molar-refractivity contribution >= 4 is 46.4 Å². The van der Waals surface area contributed by atoms with Crippen molar-refractivity contribution in [3.05, 3.63) is 42.5 Å². The third-order valence-corrected chi connectivity index (χ3v) is 9.22. The van der Waals surface area contributed by atoms with Gasteiger partial charge in [-0.2, -0.15) is 0 Å². The number of rotatable bonds is 21. The van der Waals surface area contributed by atoms with Crippen LogP contribution in [0.25, 0.3) is 10.8 Å². The lowest BCUT2D eigenvalue weighted by Gasteiger charge is -2.26. The molecule has 2 aromatic carbocycles. The Labute approximate surface area is 322 Å². The predicted molar refractivity (Wildman–Crippen MR) is 207 cm³/mol. The Morgan fingerprint density at radius 2 is 1.51 bits per heavy atom. The number of nitrogens with two attached hydrogens (primary N) is 1. The highest BCUT2D eigenvalue weighted by Crippen LogP contribution is 2.20. The zero-order chi connectivity index (χ0) is 40.3. The molecule has 9 N–H and O–H groups in total. The largest absolute Gasteiger partial charge is 0.484 e. The minimum absolute atomic E-state index is 0.0673. The summed E-state index contributed by atoms with van der Waals surface area (Å²) in [6.45, 7) is 5.74. The Balaban J connectivity index is 1.49. The number of aliphatic hydroxyl groups excluding tert-OH is 1. The molecule has 1 saturated carbocycles. The van der Waals surface area contributed by atoms with E-state index in [1.54, 1.807) is 26.8 Å². The molecule has 0 spiro atoms. The van der Waals surface area contributed by atoms with Crippen molar-refractivity contribution in [2.45, 2.75) is 115 Å². The fourth-order valence-corrected chi connectivity index (χ4v) is 6.13. The molecule has 55 heavy (non-hydrogen) atoms. The van der Waals surface area contributed by atoms with Crippen LogP contribution in [0.2, 0.25) is 0 Å². The second-order valence-electron chi connectivity index (χ2n) is 14.4. The Bertz CT molecular complexity index is 1580. The zero-order valence-corrected chi connectivity index (χ0v) is 32.4.